The van der Waals surface area contributed by atoms with Crippen LogP contribution >= 0.6 is 0 Å². The van der Waals surface area contributed by atoms with E-state index in [1.54, 1.807) is 16.7 Å². The molecule has 10 heteroatoms. The van der Waals surface area contributed by atoms with Crippen LogP contribution in [0.3, 0.4) is 0 Å². The van der Waals surface area contributed by atoms with Crippen molar-refractivity contribution in [2.45, 2.75) is 56.9 Å². The van der Waals surface area contributed by atoms with Gasteiger partial charge in [0, 0.05) is 45.8 Å². The average Bonchev–Trinajstić information content (AvgIpc) is 3.24. The SMILES string of the molecule is CCCN1CC=C[C@]2(CC)O[C@]34C=CCN(CCN5CCOCC5)C(=O)C3N([C@H](C)CO)C(=O)[C@@H]4[C@@H]2C1=O. The van der Waals surface area contributed by atoms with Crippen molar-refractivity contribution in [1.82, 2.24) is 19.6 Å². The molecule has 0 radical (unpaired) electrons. The number of nitrogens with zero attached hydrogens (tertiary/aromatic N) is 4. The highest BCUT2D eigenvalue weighted by Gasteiger charge is 2.75. The Hall–Kier alpha value is -2.27. The first kappa shape index (κ1) is 27.3. The first-order valence-corrected chi connectivity index (χ1v) is 14.2. The van der Waals surface area contributed by atoms with E-state index in [9.17, 15) is 19.5 Å². The van der Waals surface area contributed by atoms with Gasteiger partial charge in [-0.05, 0) is 19.8 Å². The maximum atomic E-state index is 14.3. The number of likely N-dealkylation sites (tertiary alicyclic amines) is 1. The van der Waals surface area contributed by atoms with E-state index in [4.69, 9.17) is 9.47 Å². The standard InChI is InChI=1S/C28H42N4O6/c1-4-10-30-11-6-8-27(5-2)21(24(30)34)22-25(35)32(20(3)19-33)23-26(36)31(12-7-9-28(22,23)38-27)14-13-29-15-17-37-18-16-29/h6-9,20-23,33H,4-5,10-19H2,1-3H3/t20-,21-,22+,23?,27+,28+/m1/s1. The summed E-state index contributed by atoms with van der Waals surface area (Å²) in [6.45, 7) is 11.2. The molecule has 3 amide bonds. The fraction of sp³-hybridized carbons (Fsp3) is 0.750. The normalized spacial score (nSPS) is 36.3. The Kier molecular flexibility index (Phi) is 7.70. The number of morpholine rings is 1. The molecule has 210 valence electrons. The largest absolute Gasteiger partial charge is 0.394 e. The van der Waals surface area contributed by atoms with E-state index in [0.29, 0.717) is 52.4 Å². The van der Waals surface area contributed by atoms with E-state index < -0.39 is 35.1 Å². The average molecular weight is 531 g/mol. The van der Waals surface area contributed by atoms with Gasteiger partial charge >= 0.3 is 0 Å². The Morgan fingerprint density at radius 3 is 2.29 bits per heavy atom. The molecule has 1 unspecified atom stereocenters. The van der Waals surface area contributed by atoms with Gasteiger partial charge in [-0.15, -0.1) is 0 Å². The molecule has 5 aliphatic rings. The third-order valence-electron chi connectivity index (χ3n) is 9.07. The van der Waals surface area contributed by atoms with Gasteiger partial charge in [-0.2, -0.15) is 0 Å². The quantitative estimate of drug-likeness (QED) is 0.450. The lowest BCUT2D eigenvalue weighted by Gasteiger charge is -2.40. The predicted octanol–water partition coefficient (Wildman–Crippen LogP) is 0.267. The topological polar surface area (TPSA) is 103 Å². The molecule has 1 N–H and O–H groups in total. The van der Waals surface area contributed by atoms with Crippen LogP contribution in [0.1, 0.15) is 33.6 Å². The summed E-state index contributed by atoms with van der Waals surface area (Å²) < 4.78 is 12.4. The van der Waals surface area contributed by atoms with E-state index in [0.717, 1.165) is 19.5 Å². The lowest BCUT2D eigenvalue weighted by atomic mass is 9.73. The van der Waals surface area contributed by atoms with Gasteiger partial charge < -0.3 is 29.3 Å². The number of aliphatic hydroxyl groups is 1. The van der Waals surface area contributed by atoms with Crippen molar-refractivity contribution in [3.8, 4) is 0 Å². The van der Waals surface area contributed by atoms with Crippen molar-refractivity contribution in [3.63, 3.8) is 0 Å². The van der Waals surface area contributed by atoms with E-state index in [1.165, 1.54) is 4.90 Å². The van der Waals surface area contributed by atoms with Crippen molar-refractivity contribution in [1.29, 1.82) is 0 Å². The minimum absolute atomic E-state index is 0.0968. The molecule has 38 heavy (non-hydrogen) atoms. The fourth-order valence-corrected chi connectivity index (χ4v) is 7.12. The van der Waals surface area contributed by atoms with Crippen LogP contribution in [0, 0.1) is 11.8 Å². The van der Waals surface area contributed by atoms with Gasteiger partial charge in [0.15, 0.2) is 0 Å². The summed E-state index contributed by atoms with van der Waals surface area (Å²) in [6.07, 6.45) is 9.06. The van der Waals surface area contributed by atoms with Gasteiger partial charge in [-0.25, -0.2) is 0 Å². The summed E-state index contributed by atoms with van der Waals surface area (Å²) in [6, 6.07) is -1.53. The molecule has 0 aromatic carbocycles. The Balaban J connectivity index is 1.54. The molecular formula is C28H42N4O6. The minimum atomic E-state index is -1.28. The van der Waals surface area contributed by atoms with Gasteiger partial charge in [0.2, 0.25) is 17.7 Å². The second kappa shape index (κ2) is 10.7. The summed E-state index contributed by atoms with van der Waals surface area (Å²) in [5.41, 5.74) is -2.25. The molecule has 10 nitrogen and oxygen atoms in total. The number of hydrogen-bond donors (Lipinski definition) is 1. The number of hydrogen-bond acceptors (Lipinski definition) is 7. The maximum Gasteiger partial charge on any atom is 0.249 e. The molecule has 0 saturated carbocycles. The van der Waals surface area contributed by atoms with Crippen LogP contribution in [0.2, 0.25) is 0 Å². The monoisotopic (exact) mass is 530 g/mol. The first-order valence-electron chi connectivity index (χ1n) is 14.2. The van der Waals surface area contributed by atoms with Gasteiger partial charge in [0.25, 0.3) is 0 Å². The lowest BCUT2D eigenvalue weighted by molar-refractivity contribution is -0.157. The number of amides is 3. The Morgan fingerprint density at radius 1 is 0.947 bits per heavy atom. The number of rotatable bonds is 8. The van der Waals surface area contributed by atoms with Crippen LogP contribution in [0.5, 0.6) is 0 Å². The number of carbonyl (C=O) groups is 3. The van der Waals surface area contributed by atoms with Crippen LogP contribution in [0.25, 0.3) is 0 Å². The van der Waals surface area contributed by atoms with Crippen molar-refractivity contribution >= 4 is 17.7 Å². The highest BCUT2D eigenvalue weighted by atomic mass is 16.5. The van der Waals surface area contributed by atoms with Crippen molar-refractivity contribution in [2.24, 2.45) is 11.8 Å². The van der Waals surface area contributed by atoms with Crippen LogP contribution in [0.4, 0.5) is 0 Å². The molecule has 6 atom stereocenters. The smallest absolute Gasteiger partial charge is 0.249 e. The summed E-state index contributed by atoms with van der Waals surface area (Å²) in [7, 11) is 0. The third kappa shape index (κ3) is 4.20. The van der Waals surface area contributed by atoms with Gasteiger partial charge in [0.05, 0.1) is 43.3 Å². The van der Waals surface area contributed by atoms with Crippen LogP contribution in [0.15, 0.2) is 24.3 Å². The molecule has 0 bridgehead atoms. The zero-order valence-electron chi connectivity index (χ0n) is 22.9. The zero-order valence-corrected chi connectivity index (χ0v) is 22.9. The second-order valence-electron chi connectivity index (χ2n) is 11.2. The maximum absolute atomic E-state index is 14.3. The molecule has 5 rings (SSSR count). The summed E-state index contributed by atoms with van der Waals surface area (Å²) in [4.78, 5) is 50.0. The first-order chi connectivity index (χ1) is 18.3. The van der Waals surface area contributed by atoms with E-state index >= 15 is 0 Å². The fourth-order valence-electron chi connectivity index (χ4n) is 7.12. The highest BCUT2D eigenvalue weighted by Crippen LogP contribution is 2.58. The molecule has 0 aliphatic carbocycles. The number of fused-ring (bicyclic) bond motifs is 2. The molecule has 3 saturated heterocycles. The highest BCUT2D eigenvalue weighted by molar-refractivity contribution is 6.00. The number of carbonyl (C=O) groups excluding carboxylic acids is 3. The van der Waals surface area contributed by atoms with E-state index in [-0.39, 0.29) is 24.3 Å². The molecule has 0 aromatic heterocycles. The molecule has 1 spiro atoms. The van der Waals surface area contributed by atoms with Gasteiger partial charge in [-0.1, -0.05) is 38.2 Å². The zero-order chi connectivity index (χ0) is 27.1. The summed E-state index contributed by atoms with van der Waals surface area (Å²) in [5.74, 6) is -2.15. The van der Waals surface area contributed by atoms with Crippen molar-refractivity contribution in [2.75, 3.05) is 65.6 Å². The molecule has 3 fully saturated rings. The minimum Gasteiger partial charge on any atom is -0.394 e. The molecule has 5 heterocycles. The van der Waals surface area contributed by atoms with E-state index in [1.807, 2.05) is 38.2 Å². The van der Waals surface area contributed by atoms with Crippen LogP contribution < -0.4 is 0 Å². The molecular weight excluding hydrogens is 488 g/mol. The Morgan fingerprint density at radius 2 is 1.63 bits per heavy atom. The van der Waals surface area contributed by atoms with Crippen molar-refractivity contribution in [3.05, 3.63) is 24.3 Å². The predicted molar refractivity (Wildman–Crippen MR) is 140 cm³/mol. The number of aliphatic hydroxyl groups excluding tert-OH is 1. The summed E-state index contributed by atoms with van der Waals surface area (Å²) in [5, 5.41) is 10.1. The summed E-state index contributed by atoms with van der Waals surface area (Å²) >= 11 is 0. The third-order valence-corrected chi connectivity index (χ3v) is 9.07. The van der Waals surface area contributed by atoms with Crippen LogP contribution in [-0.4, -0.2) is 131 Å². The Bertz CT molecular complexity index is 996. The van der Waals surface area contributed by atoms with Gasteiger partial charge in [-0.3, -0.25) is 19.3 Å². The van der Waals surface area contributed by atoms with E-state index in [2.05, 4.69) is 4.90 Å². The molecule has 5 aliphatic heterocycles. The van der Waals surface area contributed by atoms with Crippen molar-refractivity contribution < 1.29 is 29.0 Å². The molecule has 0 aromatic rings. The second-order valence-corrected chi connectivity index (χ2v) is 11.2. The Labute approximate surface area is 225 Å². The van der Waals surface area contributed by atoms with Gasteiger partial charge in [0.1, 0.15) is 11.6 Å². The lowest BCUT2D eigenvalue weighted by Crippen LogP contribution is -2.59. The number of ether oxygens (including phenoxy) is 2. The van der Waals surface area contributed by atoms with Crippen LogP contribution in [-0.2, 0) is 23.9 Å².